The molecule has 4 aromatic rings. The zero-order valence-electron chi connectivity index (χ0n) is 20.9. The van der Waals surface area contributed by atoms with Gasteiger partial charge in [0.25, 0.3) is 0 Å². The average molecular weight is 562 g/mol. The number of aromatic nitrogens is 1. The second kappa shape index (κ2) is 9.16. The van der Waals surface area contributed by atoms with Gasteiger partial charge in [0.05, 0.1) is 17.8 Å². The Morgan fingerprint density at radius 1 is 0.975 bits per heavy atom. The molecule has 3 amide bonds. The molecule has 202 valence electrons. The molecule has 2 fully saturated rings. The number of urea groups is 1. The molecular weight excluding hydrogens is 540 g/mol. The molecule has 40 heavy (non-hydrogen) atoms. The maximum absolute atomic E-state index is 13.7. The van der Waals surface area contributed by atoms with Gasteiger partial charge in [0.2, 0.25) is 5.91 Å². The van der Waals surface area contributed by atoms with Crippen LogP contribution < -0.4 is 19.7 Å². The number of ether oxygens (including phenoxy) is 2. The van der Waals surface area contributed by atoms with E-state index in [1.54, 1.807) is 30.6 Å². The largest absolute Gasteiger partial charge is 0.586 e. The van der Waals surface area contributed by atoms with Crippen molar-refractivity contribution in [3.63, 3.8) is 0 Å². The van der Waals surface area contributed by atoms with E-state index < -0.39 is 18.2 Å². The van der Waals surface area contributed by atoms with Crippen molar-refractivity contribution in [2.24, 2.45) is 5.92 Å². The fourth-order valence-electron chi connectivity index (χ4n) is 6.20. The highest BCUT2D eigenvalue weighted by molar-refractivity contribution is 6.32. The van der Waals surface area contributed by atoms with Crippen molar-refractivity contribution in [1.82, 2.24) is 10.3 Å². The minimum atomic E-state index is -3.71. The van der Waals surface area contributed by atoms with Crippen molar-refractivity contribution in [2.45, 2.75) is 37.5 Å². The summed E-state index contributed by atoms with van der Waals surface area (Å²) in [5.41, 5.74) is 2.73. The number of pyridine rings is 1. The predicted molar refractivity (Wildman–Crippen MR) is 145 cm³/mol. The van der Waals surface area contributed by atoms with Gasteiger partial charge in [-0.25, -0.2) is 9.69 Å². The molecule has 3 aliphatic rings. The molecular formula is C30H22ClF2N3O4. The number of hydrogen-bond donors (Lipinski definition) is 1. The minimum absolute atomic E-state index is 0.0350. The molecule has 1 saturated carbocycles. The van der Waals surface area contributed by atoms with E-state index in [-0.39, 0.29) is 29.4 Å². The van der Waals surface area contributed by atoms with Gasteiger partial charge in [0, 0.05) is 28.0 Å². The first-order valence-electron chi connectivity index (χ1n) is 12.9. The number of nitrogens with zero attached hydrogens (tertiary/aromatic N) is 2. The Balaban J connectivity index is 1.18. The summed E-state index contributed by atoms with van der Waals surface area (Å²) < 4.78 is 36.4. The predicted octanol–water partition coefficient (Wildman–Crippen LogP) is 6.89. The van der Waals surface area contributed by atoms with Gasteiger partial charge in [0.15, 0.2) is 11.5 Å². The third kappa shape index (κ3) is 4.03. The third-order valence-electron chi connectivity index (χ3n) is 7.96. The van der Waals surface area contributed by atoms with E-state index in [0.717, 1.165) is 21.9 Å². The van der Waals surface area contributed by atoms with Gasteiger partial charge in [0.1, 0.15) is 0 Å². The number of nitrogens with one attached hydrogen (secondary N) is 1. The molecule has 3 heterocycles. The van der Waals surface area contributed by atoms with Gasteiger partial charge >= 0.3 is 12.3 Å². The molecule has 3 atom stereocenters. The summed E-state index contributed by atoms with van der Waals surface area (Å²) in [5.74, 6) is -0.804. The van der Waals surface area contributed by atoms with Crippen molar-refractivity contribution in [2.75, 3.05) is 4.90 Å². The lowest BCUT2D eigenvalue weighted by molar-refractivity contribution is -0.286. The number of alkyl halides is 2. The monoisotopic (exact) mass is 561 g/mol. The van der Waals surface area contributed by atoms with Gasteiger partial charge < -0.3 is 14.8 Å². The normalized spacial score (nSPS) is 23.2. The van der Waals surface area contributed by atoms with Crippen LogP contribution in [0.3, 0.4) is 0 Å². The van der Waals surface area contributed by atoms with Crippen LogP contribution in [0.25, 0.3) is 21.9 Å². The molecule has 7 nitrogen and oxygen atoms in total. The first-order valence-corrected chi connectivity index (χ1v) is 13.3. The number of anilines is 1. The summed E-state index contributed by atoms with van der Waals surface area (Å²) in [4.78, 5) is 32.5. The topological polar surface area (TPSA) is 80.8 Å². The Hall–Kier alpha value is -4.24. The highest BCUT2D eigenvalue weighted by atomic mass is 35.5. The first kappa shape index (κ1) is 24.8. The quantitative estimate of drug-likeness (QED) is 0.295. The van der Waals surface area contributed by atoms with E-state index in [0.29, 0.717) is 35.5 Å². The molecule has 7 rings (SSSR count). The van der Waals surface area contributed by atoms with Gasteiger partial charge in [-0.1, -0.05) is 54.1 Å². The zero-order valence-corrected chi connectivity index (χ0v) is 21.7. The number of benzene rings is 3. The minimum Gasteiger partial charge on any atom is -0.395 e. The molecule has 1 N–H and O–H groups in total. The van der Waals surface area contributed by atoms with Crippen molar-refractivity contribution in [3.8, 4) is 22.6 Å². The molecule has 1 aliphatic carbocycles. The number of imide groups is 1. The molecule has 0 radical (unpaired) electrons. The Morgan fingerprint density at radius 3 is 2.67 bits per heavy atom. The van der Waals surface area contributed by atoms with E-state index in [1.807, 2.05) is 30.3 Å². The van der Waals surface area contributed by atoms with Crippen LogP contribution in [0, 0.1) is 5.92 Å². The van der Waals surface area contributed by atoms with E-state index in [1.165, 1.54) is 17.0 Å². The number of halogens is 3. The molecule has 3 aromatic carbocycles. The van der Waals surface area contributed by atoms with Crippen LogP contribution in [0.1, 0.15) is 30.7 Å². The molecule has 0 spiro atoms. The smallest absolute Gasteiger partial charge is 0.395 e. The molecule has 3 unspecified atom stereocenters. The first-order chi connectivity index (χ1) is 19.3. The van der Waals surface area contributed by atoms with E-state index in [9.17, 15) is 18.4 Å². The lowest BCUT2D eigenvalue weighted by atomic mass is 9.72. The van der Waals surface area contributed by atoms with Crippen molar-refractivity contribution in [3.05, 3.63) is 83.6 Å². The number of amides is 3. The molecule has 10 heteroatoms. The Bertz CT molecular complexity index is 1690. The Morgan fingerprint density at radius 2 is 1.80 bits per heavy atom. The average Bonchev–Trinajstić information content (AvgIpc) is 3.25. The number of fused-ring (bicyclic) bond motifs is 3. The maximum atomic E-state index is 13.7. The van der Waals surface area contributed by atoms with Crippen LogP contribution in [-0.4, -0.2) is 29.3 Å². The SMILES string of the molecule is O=C1NC2CC(c3c(Cl)cccc3-c3ccc4c(c3)OC(F)(F)O4)CCC2C(=O)N1c1cncc2ccccc12. The summed E-state index contributed by atoms with van der Waals surface area (Å²) in [6, 6.07) is 16.7. The summed E-state index contributed by atoms with van der Waals surface area (Å²) in [7, 11) is 0. The van der Waals surface area contributed by atoms with E-state index >= 15 is 0 Å². The molecule has 2 aliphatic heterocycles. The zero-order chi connectivity index (χ0) is 27.6. The lowest BCUT2D eigenvalue weighted by Crippen LogP contribution is -2.61. The fourth-order valence-corrected chi connectivity index (χ4v) is 6.53. The van der Waals surface area contributed by atoms with Crippen molar-refractivity contribution < 1.29 is 27.8 Å². The third-order valence-corrected chi connectivity index (χ3v) is 8.29. The second-order valence-electron chi connectivity index (χ2n) is 10.3. The van der Waals surface area contributed by atoms with Crippen LogP contribution in [0.4, 0.5) is 19.3 Å². The van der Waals surface area contributed by atoms with Gasteiger partial charge in [-0.15, -0.1) is 8.78 Å². The summed E-state index contributed by atoms with van der Waals surface area (Å²) in [6.45, 7) is 0. The highest BCUT2D eigenvalue weighted by Crippen LogP contribution is 2.48. The maximum Gasteiger partial charge on any atom is 0.586 e. The summed E-state index contributed by atoms with van der Waals surface area (Å²) in [6.07, 6.45) is 1.24. The van der Waals surface area contributed by atoms with Crippen LogP contribution in [0.5, 0.6) is 11.5 Å². The molecule has 0 bridgehead atoms. The Labute approximate surface area is 232 Å². The fraction of sp³-hybridized carbons (Fsp3) is 0.233. The standard InChI is InChI=1S/C30H22ClF2N3O4/c31-22-7-3-6-20(16-9-11-25-26(13-16)40-30(32,33)39-25)27(22)17-8-10-21-23(12-17)35-29(38)36(28(21)37)24-15-34-14-18-4-1-2-5-19(18)24/h1-7,9,11,13-15,17,21,23H,8,10,12H2,(H,35,38). The van der Waals surface area contributed by atoms with Crippen molar-refractivity contribution in [1.29, 1.82) is 0 Å². The molecule has 1 saturated heterocycles. The van der Waals surface area contributed by atoms with E-state index in [4.69, 9.17) is 11.6 Å². The van der Waals surface area contributed by atoms with Gasteiger partial charge in [-0.05, 0) is 60.1 Å². The summed E-state index contributed by atoms with van der Waals surface area (Å²) in [5, 5.41) is 5.20. The van der Waals surface area contributed by atoms with Crippen LogP contribution in [0.2, 0.25) is 5.02 Å². The van der Waals surface area contributed by atoms with Gasteiger partial charge in [-0.3, -0.25) is 9.78 Å². The van der Waals surface area contributed by atoms with Crippen LogP contribution in [0.15, 0.2) is 73.1 Å². The van der Waals surface area contributed by atoms with Crippen LogP contribution in [-0.2, 0) is 4.79 Å². The second-order valence-corrected chi connectivity index (χ2v) is 10.7. The summed E-state index contributed by atoms with van der Waals surface area (Å²) >= 11 is 6.72. The number of carbonyl (C=O) groups excluding carboxylic acids is 2. The van der Waals surface area contributed by atoms with Gasteiger partial charge in [-0.2, -0.15) is 0 Å². The lowest BCUT2D eigenvalue weighted by Gasteiger charge is -2.43. The number of hydrogen-bond acceptors (Lipinski definition) is 5. The highest BCUT2D eigenvalue weighted by Gasteiger charge is 2.46. The number of carbonyl (C=O) groups is 2. The van der Waals surface area contributed by atoms with E-state index in [2.05, 4.69) is 19.8 Å². The van der Waals surface area contributed by atoms with Crippen molar-refractivity contribution >= 4 is 40.0 Å². The van der Waals surface area contributed by atoms with Crippen LogP contribution >= 0.6 is 11.6 Å². The number of rotatable bonds is 3. The Kier molecular flexibility index (Phi) is 5.67. The molecule has 1 aromatic heterocycles.